The Kier molecular flexibility index (Phi) is 8.65. The average molecular weight is 546 g/mol. The number of benzene rings is 3. The van der Waals surface area contributed by atoms with Crippen molar-refractivity contribution in [2.75, 3.05) is 5.32 Å². The fraction of sp³-hybridized carbons (Fsp3) is 0.375. The lowest BCUT2D eigenvalue weighted by Gasteiger charge is -2.27. The zero-order chi connectivity index (χ0) is 28.1. The summed E-state index contributed by atoms with van der Waals surface area (Å²) in [6.45, 7) is 1.79. The number of nitrogens with two attached hydrogens (primary N) is 1. The quantitative estimate of drug-likeness (QED) is 0.273. The van der Waals surface area contributed by atoms with Crippen molar-refractivity contribution < 1.29 is 23.5 Å². The highest BCUT2D eigenvalue weighted by Crippen LogP contribution is 2.33. The van der Waals surface area contributed by atoms with Crippen LogP contribution in [0.1, 0.15) is 54.9 Å². The fourth-order valence-electron chi connectivity index (χ4n) is 4.50. The standard InChI is InChI=1S/C32H36FN3O4/c1-20(31(37)35-24-9-7-23(33)8-10-24)15-29(34)30(16-21-5-3-2-4-6-21)36-32(38)22-17-27(39-25-11-12-25)19-28(18-22)40-26-13-14-26/h2-10,17-20,25-26,29-30H,11-16,34H2,1H3,(H,35,37)(H,36,38)/t20-,29+,30+/m1/s1. The lowest BCUT2D eigenvalue weighted by molar-refractivity contribution is -0.119. The second-order valence-electron chi connectivity index (χ2n) is 10.9. The molecule has 0 aromatic heterocycles. The minimum atomic E-state index is -0.508. The molecule has 0 spiro atoms. The van der Waals surface area contributed by atoms with Crippen molar-refractivity contribution >= 4 is 17.5 Å². The van der Waals surface area contributed by atoms with Crippen LogP contribution in [0.25, 0.3) is 0 Å². The van der Waals surface area contributed by atoms with Crippen molar-refractivity contribution in [2.45, 2.75) is 69.7 Å². The lowest BCUT2D eigenvalue weighted by Crippen LogP contribution is -2.50. The first kappa shape index (κ1) is 27.6. The number of hydrogen-bond donors (Lipinski definition) is 3. The topological polar surface area (TPSA) is 103 Å². The van der Waals surface area contributed by atoms with Gasteiger partial charge in [0.2, 0.25) is 5.91 Å². The third-order valence-corrected chi connectivity index (χ3v) is 7.11. The van der Waals surface area contributed by atoms with Crippen molar-refractivity contribution in [3.63, 3.8) is 0 Å². The van der Waals surface area contributed by atoms with E-state index in [1.165, 1.54) is 24.3 Å². The molecule has 3 atom stereocenters. The maximum atomic E-state index is 13.6. The first-order chi connectivity index (χ1) is 19.3. The van der Waals surface area contributed by atoms with Crippen LogP contribution in [-0.2, 0) is 11.2 Å². The largest absolute Gasteiger partial charge is 0.490 e. The maximum absolute atomic E-state index is 13.6. The Hall–Kier alpha value is -3.91. The lowest BCUT2D eigenvalue weighted by atomic mass is 9.92. The summed E-state index contributed by atoms with van der Waals surface area (Å²) >= 11 is 0. The van der Waals surface area contributed by atoms with Gasteiger partial charge in [-0.05, 0) is 80.5 Å². The number of rotatable bonds is 13. The van der Waals surface area contributed by atoms with E-state index in [4.69, 9.17) is 15.2 Å². The molecule has 8 heteroatoms. The molecule has 3 aromatic carbocycles. The molecule has 0 heterocycles. The van der Waals surface area contributed by atoms with Gasteiger partial charge in [-0.1, -0.05) is 37.3 Å². The van der Waals surface area contributed by atoms with Crippen molar-refractivity contribution in [2.24, 2.45) is 11.7 Å². The third-order valence-electron chi connectivity index (χ3n) is 7.11. The van der Waals surface area contributed by atoms with Crippen molar-refractivity contribution in [3.05, 3.63) is 89.7 Å². The predicted octanol–water partition coefficient (Wildman–Crippen LogP) is 5.24. The van der Waals surface area contributed by atoms with Gasteiger partial charge in [-0.15, -0.1) is 0 Å². The molecule has 40 heavy (non-hydrogen) atoms. The van der Waals surface area contributed by atoms with Gasteiger partial charge < -0.3 is 25.8 Å². The molecule has 0 radical (unpaired) electrons. The Labute approximate surface area is 234 Å². The van der Waals surface area contributed by atoms with Crippen LogP contribution in [0.5, 0.6) is 11.5 Å². The molecule has 2 amide bonds. The molecule has 2 aliphatic rings. The summed E-state index contributed by atoms with van der Waals surface area (Å²) in [7, 11) is 0. The van der Waals surface area contributed by atoms with E-state index in [0.29, 0.717) is 35.6 Å². The number of halogens is 1. The molecule has 0 bridgehead atoms. The van der Waals surface area contributed by atoms with Crippen LogP contribution < -0.4 is 25.8 Å². The van der Waals surface area contributed by atoms with E-state index in [0.717, 1.165) is 31.2 Å². The van der Waals surface area contributed by atoms with Gasteiger partial charge in [-0.3, -0.25) is 9.59 Å². The number of nitrogens with one attached hydrogen (secondary N) is 2. The summed E-state index contributed by atoms with van der Waals surface area (Å²) < 4.78 is 25.2. The van der Waals surface area contributed by atoms with Crippen LogP contribution in [-0.4, -0.2) is 36.1 Å². The number of carbonyl (C=O) groups is 2. The van der Waals surface area contributed by atoms with Crippen LogP contribution >= 0.6 is 0 Å². The van der Waals surface area contributed by atoms with Gasteiger partial charge in [0.25, 0.3) is 5.91 Å². The van der Waals surface area contributed by atoms with Gasteiger partial charge in [-0.2, -0.15) is 0 Å². The summed E-state index contributed by atoms with van der Waals surface area (Å²) in [5, 5.41) is 5.93. The number of ether oxygens (including phenoxy) is 2. The van der Waals surface area contributed by atoms with Gasteiger partial charge in [0, 0.05) is 35.3 Å². The van der Waals surface area contributed by atoms with E-state index in [-0.39, 0.29) is 29.8 Å². The second-order valence-corrected chi connectivity index (χ2v) is 10.9. The van der Waals surface area contributed by atoms with Crippen LogP contribution in [0.3, 0.4) is 0 Å². The van der Waals surface area contributed by atoms with E-state index in [1.54, 1.807) is 19.1 Å². The number of hydrogen-bond acceptors (Lipinski definition) is 5. The zero-order valence-corrected chi connectivity index (χ0v) is 22.6. The van der Waals surface area contributed by atoms with Gasteiger partial charge >= 0.3 is 0 Å². The summed E-state index contributed by atoms with van der Waals surface area (Å²) in [5.41, 5.74) is 8.64. The highest BCUT2D eigenvalue weighted by atomic mass is 19.1. The Balaban J connectivity index is 1.29. The second kappa shape index (κ2) is 12.5. The Morgan fingerprint density at radius 2 is 1.52 bits per heavy atom. The highest BCUT2D eigenvalue weighted by molar-refractivity contribution is 5.95. The van der Waals surface area contributed by atoms with E-state index < -0.39 is 18.0 Å². The van der Waals surface area contributed by atoms with Gasteiger partial charge in [0.1, 0.15) is 17.3 Å². The molecule has 4 N–H and O–H groups in total. The minimum absolute atomic E-state index is 0.189. The monoisotopic (exact) mass is 545 g/mol. The normalized spacial score (nSPS) is 16.9. The Morgan fingerprint density at radius 1 is 0.925 bits per heavy atom. The van der Waals surface area contributed by atoms with Gasteiger partial charge in [0.05, 0.1) is 12.2 Å². The number of anilines is 1. The molecule has 0 unspecified atom stereocenters. The molecular weight excluding hydrogens is 509 g/mol. The molecule has 2 saturated carbocycles. The molecule has 5 rings (SSSR count). The predicted molar refractivity (Wildman–Crippen MR) is 152 cm³/mol. The summed E-state index contributed by atoms with van der Waals surface area (Å²) in [6.07, 6.45) is 5.26. The van der Waals surface area contributed by atoms with E-state index in [1.807, 2.05) is 36.4 Å². The zero-order valence-electron chi connectivity index (χ0n) is 22.6. The van der Waals surface area contributed by atoms with Crippen LogP contribution in [0, 0.1) is 11.7 Å². The molecule has 2 aliphatic carbocycles. The molecule has 7 nitrogen and oxygen atoms in total. The van der Waals surface area contributed by atoms with Crippen LogP contribution in [0.2, 0.25) is 0 Å². The summed E-state index contributed by atoms with van der Waals surface area (Å²) in [5.74, 6) is -0.0608. The molecule has 2 fully saturated rings. The Morgan fingerprint density at radius 3 is 2.10 bits per heavy atom. The first-order valence-electron chi connectivity index (χ1n) is 14.0. The highest BCUT2D eigenvalue weighted by Gasteiger charge is 2.29. The van der Waals surface area contributed by atoms with Crippen molar-refractivity contribution in [1.29, 1.82) is 0 Å². The molecule has 0 saturated heterocycles. The van der Waals surface area contributed by atoms with Crippen LogP contribution in [0.4, 0.5) is 10.1 Å². The summed E-state index contributed by atoms with van der Waals surface area (Å²) in [4.78, 5) is 26.4. The van der Waals surface area contributed by atoms with Crippen LogP contribution in [0.15, 0.2) is 72.8 Å². The first-order valence-corrected chi connectivity index (χ1v) is 14.0. The number of carbonyl (C=O) groups excluding carboxylic acids is 2. The molecule has 3 aromatic rings. The molecule has 0 aliphatic heterocycles. The maximum Gasteiger partial charge on any atom is 0.251 e. The Bertz CT molecular complexity index is 1280. The van der Waals surface area contributed by atoms with Gasteiger partial charge in [0.15, 0.2) is 0 Å². The van der Waals surface area contributed by atoms with Crippen molar-refractivity contribution in [1.82, 2.24) is 5.32 Å². The van der Waals surface area contributed by atoms with Gasteiger partial charge in [-0.25, -0.2) is 4.39 Å². The summed E-state index contributed by atoms with van der Waals surface area (Å²) in [6, 6.07) is 19.8. The minimum Gasteiger partial charge on any atom is -0.490 e. The smallest absolute Gasteiger partial charge is 0.251 e. The van der Waals surface area contributed by atoms with E-state index in [2.05, 4.69) is 10.6 Å². The molecule has 210 valence electrons. The molecular formula is C32H36FN3O4. The van der Waals surface area contributed by atoms with E-state index >= 15 is 0 Å². The van der Waals surface area contributed by atoms with E-state index in [9.17, 15) is 14.0 Å². The third kappa shape index (κ3) is 8.05. The number of amides is 2. The SMILES string of the molecule is C[C@H](C[C@H](N)[C@H](Cc1ccccc1)NC(=O)c1cc(OC2CC2)cc(OC2CC2)c1)C(=O)Nc1ccc(F)cc1. The van der Waals surface area contributed by atoms with Crippen molar-refractivity contribution in [3.8, 4) is 11.5 Å². The average Bonchev–Trinajstić information content (AvgIpc) is 3.88. The fourth-order valence-corrected chi connectivity index (χ4v) is 4.50.